The van der Waals surface area contributed by atoms with Crippen LogP contribution in [0.3, 0.4) is 0 Å². The van der Waals surface area contributed by atoms with Gasteiger partial charge in [-0.05, 0) is 17.7 Å². The lowest BCUT2D eigenvalue weighted by molar-refractivity contribution is 1.09. The van der Waals surface area contributed by atoms with E-state index < -0.39 is 0 Å². The van der Waals surface area contributed by atoms with E-state index in [0.29, 0.717) is 22.3 Å². The van der Waals surface area contributed by atoms with Crippen molar-refractivity contribution in [3.05, 3.63) is 82.9 Å². The summed E-state index contributed by atoms with van der Waals surface area (Å²) in [4.78, 5) is 19.3. The minimum absolute atomic E-state index is 0.275. The number of benzene rings is 2. The van der Waals surface area contributed by atoms with Crippen molar-refractivity contribution in [1.29, 1.82) is 5.26 Å². The summed E-state index contributed by atoms with van der Waals surface area (Å²) in [5.74, 6) is 0. The fraction of sp³-hybridized carbons (Fsp3) is 0. The second-order valence-corrected chi connectivity index (χ2v) is 5.30. The molecule has 5 nitrogen and oxygen atoms in total. The van der Waals surface area contributed by atoms with Crippen LogP contribution < -0.4 is 5.56 Å². The van der Waals surface area contributed by atoms with Gasteiger partial charge in [0, 0.05) is 5.69 Å². The molecule has 4 aromatic rings. The summed E-state index contributed by atoms with van der Waals surface area (Å²) in [5, 5.41) is 9.71. The zero-order chi connectivity index (χ0) is 16.5. The summed E-state index contributed by atoms with van der Waals surface area (Å²) in [6.45, 7) is 0. The van der Waals surface area contributed by atoms with Gasteiger partial charge in [-0.1, -0.05) is 48.5 Å². The Kier molecular flexibility index (Phi) is 3.22. The number of aromatic nitrogens is 3. The Labute approximate surface area is 137 Å². The molecule has 2 aromatic heterocycles. The van der Waals surface area contributed by atoms with Crippen molar-refractivity contribution in [3.63, 3.8) is 0 Å². The SMILES string of the molecule is N#Cc1c(-c2ccccc2)n(-c2ccccc2)c2c(=O)[nH]cnc12. The highest BCUT2D eigenvalue weighted by molar-refractivity contribution is 5.93. The van der Waals surface area contributed by atoms with Gasteiger partial charge in [-0.25, -0.2) is 4.98 Å². The third-order valence-electron chi connectivity index (χ3n) is 3.92. The lowest BCUT2D eigenvalue weighted by Crippen LogP contribution is -2.10. The zero-order valence-electron chi connectivity index (χ0n) is 12.6. The average Bonchev–Trinajstić information content (AvgIpc) is 2.99. The fourth-order valence-electron chi connectivity index (χ4n) is 2.93. The van der Waals surface area contributed by atoms with Gasteiger partial charge in [-0.2, -0.15) is 5.26 Å². The standard InChI is InChI=1S/C19H12N4O/c20-11-15-16-18(19(24)22-12-21-16)23(14-9-5-2-6-10-14)17(15)13-7-3-1-4-8-13/h1-10,12H,(H,21,22,24). The molecule has 0 amide bonds. The van der Waals surface area contributed by atoms with Gasteiger partial charge < -0.3 is 9.55 Å². The molecule has 0 radical (unpaired) electrons. The Morgan fingerprint density at radius 2 is 1.67 bits per heavy atom. The molecule has 1 N–H and O–H groups in total. The van der Waals surface area contributed by atoms with Gasteiger partial charge in [0.05, 0.1) is 12.0 Å². The van der Waals surface area contributed by atoms with E-state index in [1.165, 1.54) is 6.33 Å². The second-order valence-electron chi connectivity index (χ2n) is 5.30. The van der Waals surface area contributed by atoms with Gasteiger partial charge in [-0.3, -0.25) is 4.79 Å². The predicted molar refractivity (Wildman–Crippen MR) is 91.8 cm³/mol. The average molecular weight is 312 g/mol. The van der Waals surface area contributed by atoms with Crippen LogP contribution >= 0.6 is 0 Å². The number of H-pyrrole nitrogens is 1. The van der Waals surface area contributed by atoms with E-state index in [4.69, 9.17) is 0 Å². The lowest BCUT2D eigenvalue weighted by atomic mass is 10.1. The molecule has 4 rings (SSSR count). The normalized spacial score (nSPS) is 10.6. The van der Waals surface area contributed by atoms with Crippen LogP contribution in [0.2, 0.25) is 0 Å². The van der Waals surface area contributed by atoms with Gasteiger partial charge in [0.2, 0.25) is 0 Å². The predicted octanol–water partition coefficient (Wildman–Crippen LogP) is 3.25. The van der Waals surface area contributed by atoms with Crippen molar-refractivity contribution < 1.29 is 0 Å². The summed E-state index contributed by atoms with van der Waals surface area (Å²) < 4.78 is 1.80. The summed E-state index contributed by atoms with van der Waals surface area (Å²) in [6, 6.07) is 21.3. The van der Waals surface area contributed by atoms with Crippen molar-refractivity contribution in [2.45, 2.75) is 0 Å². The van der Waals surface area contributed by atoms with Crippen LogP contribution in [0.25, 0.3) is 28.0 Å². The molecule has 0 aliphatic rings. The molecule has 0 saturated carbocycles. The summed E-state index contributed by atoms with van der Waals surface area (Å²) in [7, 11) is 0. The molecule has 0 atom stereocenters. The van der Waals surface area contributed by atoms with Gasteiger partial charge in [-0.15, -0.1) is 0 Å². The smallest absolute Gasteiger partial charge is 0.275 e. The highest BCUT2D eigenvalue weighted by Crippen LogP contribution is 2.33. The van der Waals surface area contributed by atoms with Crippen molar-refractivity contribution in [3.8, 4) is 23.0 Å². The monoisotopic (exact) mass is 312 g/mol. The molecule has 0 saturated heterocycles. The second kappa shape index (κ2) is 5.52. The minimum Gasteiger partial charge on any atom is -0.311 e. The number of nitrogens with one attached hydrogen (secondary N) is 1. The molecular weight excluding hydrogens is 300 g/mol. The molecular formula is C19H12N4O. The molecule has 0 unspecified atom stereocenters. The number of fused-ring (bicyclic) bond motifs is 1. The third-order valence-corrected chi connectivity index (χ3v) is 3.92. The van der Waals surface area contributed by atoms with Crippen LogP contribution in [0.1, 0.15) is 5.56 Å². The van der Waals surface area contributed by atoms with Crippen molar-refractivity contribution in [2.24, 2.45) is 0 Å². The third kappa shape index (κ3) is 2.02. The van der Waals surface area contributed by atoms with E-state index in [2.05, 4.69) is 16.0 Å². The minimum atomic E-state index is -0.275. The largest absolute Gasteiger partial charge is 0.311 e. The maximum Gasteiger partial charge on any atom is 0.275 e. The van der Waals surface area contributed by atoms with Crippen LogP contribution in [0.5, 0.6) is 0 Å². The van der Waals surface area contributed by atoms with Gasteiger partial charge >= 0.3 is 0 Å². The van der Waals surface area contributed by atoms with Crippen LogP contribution in [0, 0.1) is 11.3 Å². The molecule has 0 bridgehead atoms. The number of aromatic amines is 1. The number of rotatable bonds is 2. The van der Waals surface area contributed by atoms with Crippen LogP contribution in [-0.4, -0.2) is 14.5 Å². The van der Waals surface area contributed by atoms with E-state index in [0.717, 1.165) is 11.3 Å². The van der Waals surface area contributed by atoms with Crippen LogP contribution in [-0.2, 0) is 0 Å². The van der Waals surface area contributed by atoms with E-state index in [1.807, 2.05) is 60.7 Å². The maximum atomic E-state index is 12.5. The van der Waals surface area contributed by atoms with Crippen LogP contribution in [0.15, 0.2) is 71.8 Å². The first-order valence-electron chi connectivity index (χ1n) is 7.44. The van der Waals surface area contributed by atoms with Gasteiger partial charge in [0.15, 0.2) is 0 Å². The topological polar surface area (TPSA) is 74.5 Å². The number of hydrogen-bond donors (Lipinski definition) is 1. The Morgan fingerprint density at radius 1 is 1.00 bits per heavy atom. The lowest BCUT2D eigenvalue weighted by Gasteiger charge is -2.10. The number of nitrogens with zero attached hydrogens (tertiary/aromatic N) is 3. The molecule has 2 aromatic carbocycles. The fourth-order valence-corrected chi connectivity index (χ4v) is 2.93. The number of para-hydroxylation sites is 1. The van der Waals surface area contributed by atoms with Crippen molar-refractivity contribution >= 4 is 11.0 Å². The van der Waals surface area contributed by atoms with Crippen molar-refractivity contribution in [1.82, 2.24) is 14.5 Å². The molecule has 0 aliphatic heterocycles. The van der Waals surface area contributed by atoms with Crippen molar-refractivity contribution in [2.75, 3.05) is 0 Å². The number of hydrogen-bond acceptors (Lipinski definition) is 3. The van der Waals surface area contributed by atoms with E-state index in [-0.39, 0.29) is 5.56 Å². The molecule has 2 heterocycles. The Morgan fingerprint density at radius 3 is 2.33 bits per heavy atom. The van der Waals surface area contributed by atoms with E-state index >= 15 is 0 Å². The number of nitriles is 1. The van der Waals surface area contributed by atoms with Crippen LogP contribution in [0.4, 0.5) is 0 Å². The summed E-state index contributed by atoms with van der Waals surface area (Å²) >= 11 is 0. The van der Waals surface area contributed by atoms with Gasteiger partial charge in [0.25, 0.3) is 5.56 Å². The summed E-state index contributed by atoms with van der Waals surface area (Å²) in [5.41, 5.74) is 3.23. The Balaban J connectivity index is 2.24. The molecule has 5 heteroatoms. The molecule has 0 fully saturated rings. The first-order valence-corrected chi connectivity index (χ1v) is 7.44. The summed E-state index contributed by atoms with van der Waals surface area (Å²) in [6.07, 6.45) is 1.33. The quantitative estimate of drug-likeness (QED) is 0.617. The van der Waals surface area contributed by atoms with Gasteiger partial charge in [0.1, 0.15) is 22.7 Å². The Hall–Kier alpha value is -3.65. The first kappa shape index (κ1) is 14.0. The van der Waals surface area contributed by atoms with E-state index in [1.54, 1.807) is 4.57 Å². The molecule has 114 valence electrons. The molecule has 24 heavy (non-hydrogen) atoms. The highest BCUT2D eigenvalue weighted by atomic mass is 16.1. The first-order chi connectivity index (χ1) is 11.8. The zero-order valence-corrected chi connectivity index (χ0v) is 12.6. The molecule has 0 spiro atoms. The maximum absolute atomic E-state index is 12.5. The Bertz CT molecular complexity index is 1120. The van der Waals surface area contributed by atoms with E-state index in [9.17, 15) is 10.1 Å². The molecule has 0 aliphatic carbocycles. The highest BCUT2D eigenvalue weighted by Gasteiger charge is 2.22.